The van der Waals surface area contributed by atoms with Gasteiger partial charge in [0.2, 0.25) is 5.91 Å². The average Bonchev–Trinajstić information content (AvgIpc) is 1.59. The number of primary amides is 1. The molecule has 3 N–H and O–H groups in total. The van der Waals surface area contributed by atoms with Gasteiger partial charge in [-0.15, -0.1) is 0 Å². The molecule has 0 aliphatic heterocycles. The van der Waals surface area contributed by atoms with Crippen molar-refractivity contribution in [2.45, 2.75) is 26.3 Å². The number of carbonyl (C=O) groups excluding carboxylic acids is 1. The molecule has 0 atom stereocenters. The zero-order chi connectivity index (χ0) is 8.20. The highest BCUT2D eigenvalue weighted by atomic mass is 16.1. The Kier molecular flexibility index (Phi) is 2.93. The van der Waals surface area contributed by atoms with Crippen molar-refractivity contribution in [3.63, 3.8) is 0 Å². The number of amides is 1. The molecule has 0 saturated carbocycles. The predicted octanol–water partition coefficient (Wildman–Crippen LogP) is 0.373. The van der Waals surface area contributed by atoms with Gasteiger partial charge in [-0.1, -0.05) is 0 Å². The molecule has 1 amide bonds. The minimum Gasteiger partial charge on any atom is -0.386 e. The Morgan fingerprint density at radius 3 is 2.30 bits per heavy atom. The highest BCUT2D eigenvalue weighted by Gasteiger charge is 2.04. The molecule has 10 heavy (non-hydrogen) atoms. The number of hydrogen-bond donors (Lipinski definition) is 2. The van der Waals surface area contributed by atoms with Crippen molar-refractivity contribution in [2.24, 2.45) is 5.73 Å². The van der Waals surface area contributed by atoms with Gasteiger partial charge in [-0.25, -0.2) is 0 Å². The third-order valence-corrected chi connectivity index (χ3v) is 0.764. The molecule has 3 heteroatoms. The molecule has 0 aromatic carbocycles. The molecule has 0 aromatic rings. The van der Waals surface area contributed by atoms with Crippen molar-refractivity contribution >= 4 is 5.91 Å². The van der Waals surface area contributed by atoms with Crippen LogP contribution in [0.25, 0.3) is 0 Å². The van der Waals surface area contributed by atoms with Gasteiger partial charge in [0.15, 0.2) is 0 Å². The summed E-state index contributed by atoms with van der Waals surface area (Å²) in [6, 6.07) is 0. The van der Waals surface area contributed by atoms with Gasteiger partial charge >= 0.3 is 0 Å². The van der Waals surface area contributed by atoms with Crippen molar-refractivity contribution < 1.29 is 4.79 Å². The van der Waals surface area contributed by atoms with E-state index in [0.717, 1.165) is 0 Å². The fraction of sp³-hybridized carbons (Fsp3) is 0.571. The number of rotatable bonds is 2. The highest BCUT2D eigenvalue weighted by Crippen LogP contribution is 1.96. The summed E-state index contributed by atoms with van der Waals surface area (Å²) in [6.07, 6.45) is 2.85. The van der Waals surface area contributed by atoms with Crippen LogP contribution in [0.2, 0.25) is 0 Å². The number of carbonyl (C=O) groups is 1. The molecule has 0 rings (SSSR count). The fourth-order valence-corrected chi connectivity index (χ4v) is 0.374. The summed E-state index contributed by atoms with van der Waals surface area (Å²) in [7, 11) is 0. The number of nitrogens with two attached hydrogens (primary N) is 1. The van der Waals surface area contributed by atoms with Gasteiger partial charge in [0, 0.05) is 17.8 Å². The molecule has 0 aromatic heterocycles. The topological polar surface area (TPSA) is 55.1 Å². The molecule has 0 bridgehead atoms. The van der Waals surface area contributed by atoms with Gasteiger partial charge in [-0.2, -0.15) is 0 Å². The molecule has 0 saturated heterocycles. The van der Waals surface area contributed by atoms with Gasteiger partial charge in [-0.05, 0) is 20.8 Å². The van der Waals surface area contributed by atoms with Gasteiger partial charge < -0.3 is 11.1 Å². The second-order valence-electron chi connectivity index (χ2n) is 3.13. The molecule has 58 valence electrons. The number of nitrogens with one attached hydrogen (secondary N) is 1. The monoisotopic (exact) mass is 142 g/mol. The van der Waals surface area contributed by atoms with Crippen molar-refractivity contribution in [1.82, 2.24) is 5.32 Å². The summed E-state index contributed by atoms with van der Waals surface area (Å²) in [4.78, 5) is 10.2. The normalized spacial score (nSPS) is 11.9. The van der Waals surface area contributed by atoms with Crippen molar-refractivity contribution in [1.29, 1.82) is 0 Å². The van der Waals surface area contributed by atoms with E-state index < -0.39 is 5.91 Å². The van der Waals surface area contributed by atoms with E-state index >= 15 is 0 Å². The SMILES string of the molecule is CC(C)(C)N/C=C/C(N)=O. The number of hydrogen-bond acceptors (Lipinski definition) is 2. The third-order valence-electron chi connectivity index (χ3n) is 0.764. The lowest BCUT2D eigenvalue weighted by atomic mass is 10.1. The molecular weight excluding hydrogens is 128 g/mol. The van der Waals surface area contributed by atoms with Gasteiger partial charge in [0.1, 0.15) is 0 Å². The molecule has 0 aliphatic rings. The van der Waals surface area contributed by atoms with Crippen molar-refractivity contribution in [2.75, 3.05) is 0 Å². The summed E-state index contributed by atoms with van der Waals surface area (Å²) in [5, 5.41) is 2.97. The van der Waals surface area contributed by atoms with Crippen LogP contribution in [0.15, 0.2) is 12.3 Å². The van der Waals surface area contributed by atoms with Crippen LogP contribution in [0.3, 0.4) is 0 Å². The van der Waals surface area contributed by atoms with E-state index in [-0.39, 0.29) is 5.54 Å². The largest absolute Gasteiger partial charge is 0.386 e. The molecule has 0 aliphatic carbocycles. The maximum Gasteiger partial charge on any atom is 0.242 e. The van der Waals surface area contributed by atoms with Gasteiger partial charge in [0.05, 0.1) is 0 Å². The van der Waals surface area contributed by atoms with Crippen LogP contribution in [-0.2, 0) is 4.79 Å². The second-order valence-corrected chi connectivity index (χ2v) is 3.13. The van der Waals surface area contributed by atoms with E-state index in [2.05, 4.69) is 5.32 Å². The van der Waals surface area contributed by atoms with Gasteiger partial charge in [-0.3, -0.25) is 4.79 Å². The van der Waals surface area contributed by atoms with Crippen LogP contribution >= 0.6 is 0 Å². The zero-order valence-electron chi connectivity index (χ0n) is 6.64. The molecule has 0 radical (unpaired) electrons. The minimum absolute atomic E-state index is 0.00799. The van der Waals surface area contributed by atoms with Crippen molar-refractivity contribution in [3.8, 4) is 0 Å². The average molecular weight is 142 g/mol. The summed E-state index contributed by atoms with van der Waals surface area (Å²) in [5.74, 6) is -0.434. The Bertz CT molecular complexity index is 144. The van der Waals surface area contributed by atoms with Crippen LogP contribution in [0.4, 0.5) is 0 Å². The standard InChI is InChI=1S/C7H14N2O/c1-7(2,3)9-5-4-6(8)10/h4-5,9H,1-3H3,(H2,8,10)/b5-4+. The summed E-state index contributed by atoms with van der Waals surface area (Å²) >= 11 is 0. The smallest absolute Gasteiger partial charge is 0.242 e. The minimum atomic E-state index is -0.434. The van der Waals surface area contributed by atoms with E-state index in [1.54, 1.807) is 6.20 Å². The third kappa shape index (κ3) is 7.01. The van der Waals surface area contributed by atoms with Crippen LogP contribution in [-0.4, -0.2) is 11.4 Å². The summed E-state index contributed by atoms with van der Waals surface area (Å²) in [6.45, 7) is 6.00. The Hall–Kier alpha value is -0.990. The van der Waals surface area contributed by atoms with Crippen LogP contribution in [0.1, 0.15) is 20.8 Å². The molecule has 0 spiro atoms. The first kappa shape index (κ1) is 9.01. The molecule has 0 unspecified atom stereocenters. The molecule has 0 heterocycles. The molecule has 3 nitrogen and oxygen atoms in total. The fourth-order valence-electron chi connectivity index (χ4n) is 0.374. The Labute approximate surface area is 61.3 Å². The first-order valence-corrected chi connectivity index (χ1v) is 3.15. The molecular formula is C7H14N2O. The first-order valence-electron chi connectivity index (χ1n) is 3.15. The lowest BCUT2D eigenvalue weighted by molar-refractivity contribution is -0.113. The molecule has 0 fully saturated rings. The highest BCUT2D eigenvalue weighted by molar-refractivity contribution is 5.85. The van der Waals surface area contributed by atoms with E-state index in [4.69, 9.17) is 5.73 Å². The summed E-state index contributed by atoms with van der Waals surface area (Å²) < 4.78 is 0. The lowest BCUT2D eigenvalue weighted by Crippen LogP contribution is -2.31. The van der Waals surface area contributed by atoms with E-state index in [9.17, 15) is 4.79 Å². The van der Waals surface area contributed by atoms with E-state index in [1.165, 1.54) is 6.08 Å². The lowest BCUT2D eigenvalue weighted by Gasteiger charge is -2.17. The predicted molar refractivity (Wildman–Crippen MR) is 41.2 cm³/mol. The first-order chi connectivity index (χ1) is 4.42. The van der Waals surface area contributed by atoms with Crippen LogP contribution < -0.4 is 11.1 Å². The van der Waals surface area contributed by atoms with Crippen molar-refractivity contribution in [3.05, 3.63) is 12.3 Å². The maximum atomic E-state index is 10.2. The van der Waals surface area contributed by atoms with E-state index in [0.29, 0.717) is 0 Å². The summed E-state index contributed by atoms with van der Waals surface area (Å²) in [5.41, 5.74) is 4.85. The Balaban J connectivity index is 3.64. The maximum absolute atomic E-state index is 10.2. The van der Waals surface area contributed by atoms with E-state index in [1.807, 2.05) is 20.8 Å². The Morgan fingerprint density at radius 1 is 1.50 bits per heavy atom. The van der Waals surface area contributed by atoms with Gasteiger partial charge in [0.25, 0.3) is 0 Å². The van der Waals surface area contributed by atoms with Crippen LogP contribution in [0.5, 0.6) is 0 Å². The van der Waals surface area contributed by atoms with Crippen LogP contribution in [0, 0.1) is 0 Å². The zero-order valence-corrected chi connectivity index (χ0v) is 6.64. The Morgan fingerprint density at radius 2 is 2.00 bits per heavy atom. The quantitative estimate of drug-likeness (QED) is 0.547. The second kappa shape index (κ2) is 3.25.